The molecule has 3 fully saturated rings. The maximum atomic E-state index is 14.6. The van der Waals surface area contributed by atoms with Gasteiger partial charge in [0.1, 0.15) is 42.0 Å². The summed E-state index contributed by atoms with van der Waals surface area (Å²) < 4.78 is 57.4. The molecule has 12 unspecified atom stereocenters. The van der Waals surface area contributed by atoms with Crippen LogP contribution in [0.5, 0.6) is 0 Å². The van der Waals surface area contributed by atoms with Crippen LogP contribution in [0.25, 0.3) is 0 Å². The van der Waals surface area contributed by atoms with E-state index < -0.39 is 149 Å². The van der Waals surface area contributed by atoms with Crippen molar-refractivity contribution in [3.05, 3.63) is 63.8 Å². The van der Waals surface area contributed by atoms with E-state index in [4.69, 9.17) is 42.6 Å². The number of aromatic nitrogens is 2. The number of hydrogen-bond donors (Lipinski definition) is 1. The van der Waals surface area contributed by atoms with Gasteiger partial charge in [-0.1, -0.05) is 34.6 Å². The first-order chi connectivity index (χ1) is 31.2. The maximum Gasteiger partial charge on any atom is 0.340 e. The van der Waals surface area contributed by atoms with Gasteiger partial charge in [-0.3, -0.25) is 38.5 Å². The summed E-state index contributed by atoms with van der Waals surface area (Å²) in [7, 11) is 1.35. The predicted molar refractivity (Wildman–Crippen MR) is 224 cm³/mol. The monoisotopic (exact) mass is 940 g/mol. The molecule has 4 heterocycles. The van der Waals surface area contributed by atoms with Crippen LogP contribution in [0.1, 0.15) is 95.6 Å². The number of aliphatic hydroxyl groups is 1. The van der Waals surface area contributed by atoms with Gasteiger partial charge in [-0.2, -0.15) is 0 Å². The van der Waals surface area contributed by atoms with Gasteiger partial charge in [-0.05, 0) is 32.0 Å². The first kappa shape index (κ1) is 50.2. The van der Waals surface area contributed by atoms with E-state index >= 15 is 0 Å². The Labute approximate surface area is 385 Å². The molecule has 364 valence electrons. The molecule has 2 aliphatic heterocycles. The van der Waals surface area contributed by atoms with E-state index in [1.807, 2.05) is 0 Å². The Bertz CT molecular complexity index is 2410. The second-order valence-corrected chi connectivity index (χ2v) is 18.5. The van der Waals surface area contributed by atoms with Crippen molar-refractivity contribution < 1.29 is 86.1 Å². The molecular weight excluding hydrogens is 885 g/mol. The molecule has 2 saturated carbocycles. The number of pyridine rings is 2. The van der Waals surface area contributed by atoms with Crippen molar-refractivity contribution in [2.24, 2.45) is 36.1 Å². The summed E-state index contributed by atoms with van der Waals surface area (Å²) in [5, 5.41) is 13.8. The summed E-state index contributed by atoms with van der Waals surface area (Å²) in [5.74, 6) is -13.0. The number of rotatable bonds is 10. The third-order valence-corrected chi connectivity index (χ3v) is 12.9. The molecule has 4 bridgehead atoms. The average molecular weight is 941 g/mol. The largest absolute Gasteiger partial charge is 0.464 e. The van der Waals surface area contributed by atoms with Crippen LogP contribution < -0.4 is 5.56 Å². The molecule has 21 nitrogen and oxygen atoms in total. The van der Waals surface area contributed by atoms with Gasteiger partial charge in [0.2, 0.25) is 5.56 Å². The third kappa shape index (κ3) is 8.66. The second kappa shape index (κ2) is 18.5. The number of ether oxygens (including phenoxy) is 9. The number of cyclic esters (lactones) is 1. The highest BCUT2D eigenvalue weighted by Crippen LogP contribution is 2.70. The van der Waals surface area contributed by atoms with E-state index in [0.717, 1.165) is 50.6 Å². The molecule has 0 radical (unpaired) electrons. The highest BCUT2D eigenvalue weighted by atomic mass is 16.7. The molecule has 1 N–H and O–H groups in total. The topological polar surface area (TPSA) is 275 Å². The number of hydrogen-bond acceptors (Lipinski definition) is 20. The molecule has 2 aromatic heterocycles. The lowest BCUT2D eigenvalue weighted by atomic mass is 9.45. The van der Waals surface area contributed by atoms with Crippen LogP contribution in [-0.2, 0) is 84.9 Å². The number of carbonyl (C=O) groups excluding carboxylic acids is 8. The van der Waals surface area contributed by atoms with Crippen LogP contribution in [0.4, 0.5) is 0 Å². The first-order valence-corrected chi connectivity index (χ1v) is 21.7. The van der Waals surface area contributed by atoms with Crippen LogP contribution in [0.2, 0.25) is 0 Å². The number of esters is 8. The molecule has 4 aliphatic rings. The molecule has 0 aromatic carbocycles. The van der Waals surface area contributed by atoms with Gasteiger partial charge in [0, 0.05) is 52.7 Å². The van der Waals surface area contributed by atoms with Crippen LogP contribution >= 0.6 is 0 Å². The Hall–Kier alpha value is -6.22. The summed E-state index contributed by atoms with van der Waals surface area (Å²) >= 11 is 0. The zero-order valence-electron chi connectivity index (χ0n) is 39.0. The minimum absolute atomic E-state index is 0.0693. The standard InChI is InChI=1S/C46H56N2O19/c1-21(2)38(53)60-20-45-36(62-25(7)50)32(64-39(54)22(3)4)31-34(61-24(6)49)46(45)44(10,58)35(33(37(45)63-26(8)51)65-41(56)27-14-15-30(52)48(11)18-27)66-40(55)23(5)17-29-28(13-12-16-47-29)42(57)59-19-43(31,9)67-46/h12-16,18,21-23,31-37,58H,17,19-20H2,1-11H3. The molecule has 2 aliphatic carbocycles. The molecule has 1 spiro atoms. The fourth-order valence-corrected chi connectivity index (χ4v) is 9.95. The normalized spacial score (nSPS) is 33.3. The molecule has 12 atom stereocenters. The number of aryl methyl sites for hydroxylation is 1. The minimum atomic E-state index is -2.94. The van der Waals surface area contributed by atoms with E-state index in [9.17, 15) is 48.3 Å². The fraction of sp³-hybridized carbons (Fsp3) is 0.609. The Morgan fingerprint density at radius 3 is 2.01 bits per heavy atom. The fourth-order valence-electron chi connectivity index (χ4n) is 9.95. The summed E-state index contributed by atoms with van der Waals surface area (Å²) in [4.78, 5) is 129. The zero-order chi connectivity index (χ0) is 49.7. The van der Waals surface area contributed by atoms with E-state index in [1.165, 1.54) is 66.9 Å². The molecule has 6 rings (SSSR count). The molecular formula is C46H56N2O19. The lowest BCUT2D eigenvalue weighted by molar-refractivity contribution is -0.386. The molecule has 1 saturated heterocycles. The van der Waals surface area contributed by atoms with Crippen LogP contribution in [0, 0.1) is 29.1 Å². The zero-order valence-corrected chi connectivity index (χ0v) is 39.0. The van der Waals surface area contributed by atoms with Gasteiger partial charge in [0.15, 0.2) is 30.0 Å². The third-order valence-electron chi connectivity index (χ3n) is 12.9. The lowest BCUT2D eigenvalue weighted by Crippen LogP contribution is -2.89. The number of fused-ring (bicyclic) bond motifs is 5. The highest BCUT2D eigenvalue weighted by molar-refractivity contribution is 5.91. The van der Waals surface area contributed by atoms with E-state index in [2.05, 4.69) is 4.98 Å². The number of nitrogens with zero attached hydrogens (tertiary/aromatic N) is 2. The Balaban J connectivity index is 1.81. The van der Waals surface area contributed by atoms with Crippen LogP contribution in [0.3, 0.4) is 0 Å². The van der Waals surface area contributed by atoms with Crippen molar-refractivity contribution in [2.75, 3.05) is 13.2 Å². The van der Waals surface area contributed by atoms with Gasteiger partial charge in [-0.15, -0.1) is 0 Å². The van der Waals surface area contributed by atoms with Crippen molar-refractivity contribution in [1.29, 1.82) is 0 Å². The molecule has 21 heteroatoms. The Morgan fingerprint density at radius 1 is 0.836 bits per heavy atom. The van der Waals surface area contributed by atoms with Crippen molar-refractivity contribution in [1.82, 2.24) is 9.55 Å². The van der Waals surface area contributed by atoms with Crippen molar-refractivity contribution in [3.63, 3.8) is 0 Å². The Kier molecular flexibility index (Phi) is 13.8. The van der Waals surface area contributed by atoms with Crippen LogP contribution in [0.15, 0.2) is 41.5 Å². The highest BCUT2D eigenvalue weighted by Gasteiger charge is 2.92. The van der Waals surface area contributed by atoms with Crippen molar-refractivity contribution in [2.45, 2.75) is 129 Å². The smallest absolute Gasteiger partial charge is 0.340 e. The molecule has 2 aromatic rings. The van der Waals surface area contributed by atoms with Crippen molar-refractivity contribution in [3.8, 4) is 0 Å². The van der Waals surface area contributed by atoms with Gasteiger partial charge in [-0.25, -0.2) is 9.59 Å². The van der Waals surface area contributed by atoms with Gasteiger partial charge < -0.3 is 52.3 Å². The Morgan fingerprint density at radius 2 is 1.43 bits per heavy atom. The van der Waals surface area contributed by atoms with Gasteiger partial charge >= 0.3 is 47.8 Å². The number of carbonyl (C=O) groups is 8. The SMILES string of the molecule is CC(=O)OC1C(OC(=O)C(C)C)C2C(OC(C)=O)C34OC2(C)COC(=O)c2cccnc2CC(C)C(=O)OC(C(OC(=O)c2ccc(=O)n(C)c2)C(OC(C)=O)C13COC(=O)C(C)C)C4(C)O. The van der Waals surface area contributed by atoms with Gasteiger partial charge in [0.05, 0.1) is 40.5 Å². The van der Waals surface area contributed by atoms with Crippen molar-refractivity contribution >= 4 is 47.8 Å². The van der Waals surface area contributed by atoms with E-state index in [0.29, 0.717) is 0 Å². The second-order valence-electron chi connectivity index (χ2n) is 18.5. The first-order valence-electron chi connectivity index (χ1n) is 21.7. The van der Waals surface area contributed by atoms with E-state index in [1.54, 1.807) is 0 Å². The van der Waals surface area contributed by atoms with Crippen LogP contribution in [-0.4, -0.2) is 129 Å². The maximum absolute atomic E-state index is 14.6. The van der Waals surface area contributed by atoms with Gasteiger partial charge in [0.25, 0.3) is 0 Å². The quantitative estimate of drug-likeness (QED) is 0.262. The molecule has 67 heavy (non-hydrogen) atoms. The molecule has 0 amide bonds. The summed E-state index contributed by atoms with van der Waals surface area (Å²) in [6.07, 6.45) is -10.4. The summed E-state index contributed by atoms with van der Waals surface area (Å²) in [6, 6.07) is 5.05. The summed E-state index contributed by atoms with van der Waals surface area (Å²) in [6.45, 7) is 10.8. The predicted octanol–water partition coefficient (Wildman–Crippen LogP) is 1.74. The lowest BCUT2D eigenvalue weighted by Gasteiger charge is -2.67. The average Bonchev–Trinajstić information content (AvgIpc) is 3.46. The summed E-state index contributed by atoms with van der Waals surface area (Å²) in [5.41, 5.74) is -11.4. The van der Waals surface area contributed by atoms with E-state index in [-0.39, 0.29) is 23.2 Å². The minimum Gasteiger partial charge on any atom is -0.464 e.